The highest BCUT2D eigenvalue weighted by molar-refractivity contribution is 7.08. The molecule has 1 atom stereocenters. The quantitative estimate of drug-likeness (QED) is 0.735. The van der Waals surface area contributed by atoms with Crippen LogP contribution in [0, 0.1) is 17.1 Å². The van der Waals surface area contributed by atoms with E-state index in [1.165, 1.54) is 16.7 Å². The van der Waals surface area contributed by atoms with E-state index in [1.54, 1.807) is 5.38 Å². The first-order valence-corrected chi connectivity index (χ1v) is 4.04. The summed E-state index contributed by atoms with van der Waals surface area (Å²) in [5, 5.41) is 11.3. The molecule has 1 heterocycles. The zero-order chi connectivity index (χ0) is 8.27. The molecule has 0 aliphatic heterocycles. The number of nitrogens with two attached hydrogens (primary N) is 1. The number of hydrogen-bond donors (Lipinski definition) is 1. The van der Waals surface area contributed by atoms with Gasteiger partial charge in [-0.15, -0.1) is 11.3 Å². The molecule has 0 radical (unpaired) electrons. The molecular formula is C7H7FN2S. The Kier molecular flexibility index (Phi) is 2.58. The van der Waals surface area contributed by atoms with E-state index in [4.69, 9.17) is 11.0 Å². The molecule has 0 saturated carbocycles. The average molecular weight is 170 g/mol. The number of hydrogen-bond acceptors (Lipinski definition) is 3. The number of nitriles is 1. The van der Waals surface area contributed by atoms with Crippen molar-refractivity contribution in [3.63, 3.8) is 0 Å². The maximum atomic E-state index is 12.7. The highest BCUT2D eigenvalue weighted by atomic mass is 32.1. The van der Waals surface area contributed by atoms with Crippen molar-refractivity contribution in [2.45, 2.75) is 12.5 Å². The minimum absolute atomic E-state index is 0.160. The topological polar surface area (TPSA) is 49.8 Å². The van der Waals surface area contributed by atoms with E-state index in [2.05, 4.69) is 0 Å². The van der Waals surface area contributed by atoms with E-state index in [-0.39, 0.29) is 12.2 Å². The van der Waals surface area contributed by atoms with Crippen molar-refractivity contribution in [1.29, 1.82) is 5.26 Å². The van der Waals surface area contributed by atoms with Crippen LogP contribution in [0.4, 0.5) is 4.39 Å². The molecule has 1 unspecified atom stereocenters. The second-order valence-corrected chi connectivity index (χ2v) is 2.89. The molecule has 0 aliphatic rings. The lowest BCUT2D eigenvalue weighted by atomic mass is 10.1. The largest absolute Gasteiger partial charge is 0.323 e. The summed E-state index contributed by atoms with van der Waals surface area (Å²) >= 11 is 1.26. The van der Waals surface area contributed by atoms with Gasteiger partial charge in [-0.1, -0.05) is 0 Å². The molecule has 0 saturated heterocycles. The average Bonchev–Trinajstić information content (AvgIpc) is 2.36. The molecule has 1 rings (SSSR count). The minimum atomic E-state index is -0.480. The van der Waals surface area contributed by atoms with E-state index >= 15 is 0 Å². The summed E-state index contributed by atoms with van der Waals surface area (Å²) < 4.78 is 12.7. The molecule has 0 aromatic carbocycles. The van der Waals surface area contributed by atoms with Crippen molar-refractivity contribution in [3.8, 4) is 6.07 Å². The molecule has 1 aromatic heterocycles. The lowest BCUT2D eigenvalue weighted by molar-refractivity contribution is 0.592. The molecule has 0 bridgehead atoms. The van der Waals surface area contributed by atoms with Gasteiger partial charge in [-0.2, -0.15) is 5.26 Å². The Morgan fingerprint density at radius 1 is 1.73 bits per heavy atom. The summed E-state index contributed by atoms with van der Waals surface area (Å²) in [5.41, 5.74) is 5.94. The molecule has 2 N–H and O–H groups in total. The predicted molar refractivity (Wildman–Crippen MR) is 41.4 cm³/mol. The van der Waals surface area contributed by atoms with Gasteiger partial charge in [-0.3, -0.25) is 0 Å². The molecule has 58 valence electrons. The zero-order valence-corrected chi connectivity index (χ0v) is 6.57. The maximum Gasteiger partial charge on any atom is 0.138 e. The Hall–Kier alpha value is -0.920. The molecular weight excluding hydrogens is 163 g/mol. The van der Waals surface area contributed by atoms with Crippen LogP contribution >= 0.6 is 11.3 Å². The van der Waals surface area contributed by atoms with Gasteiger partial charge >= 0.3 is 0 Å². The summed E-state index contributed by atoms with van der Waals surface area (Å²) in [7, 11) is 0. The van der Waals surface area contributed by atoms with Gasteiger partial charge in [0.15, 0.2) is 0 Å². The van der Waals surface area contributed by atoms with Gasteiger partial charge in [0.25, 0.3) is 0 Å². The van der Waals surface area contributed by atoms with Crippen LogP contribution in [0.5, 0.6) is 0 Å². The maximum absolute atomic E-state index is 12.7. The fourth-order valence-electron chi connectivity index (χ4n) is 0.764. The highest BCUT2D eigenvalue weighted by Crippen LogP contribution is 2.20. The standard InChI is InChI=1S/C7H7FN2S/c8-6-4-11-3-5(6)7(10)1-2-9/h3-4,7H,1,10H2. The lowest BCUT2D eigenvalue weighted by Crippen LogP contribution is -2.09. The van der Waals surface area contributed by atoms with Crippen LogP contribution in [0.1, 0.15) is 18.0 Å². The summed E-state index contributed by atoms with van der Waals surface area (Å²) in [6.45, 7) is 0. The van der Waals surface area contributed by atoms with E-state index in [9.17, 15) is 4.39 Å². The fourth-order valence-corrected chi connectivity index (χ4v) is 1.52. The van der Waals surface area contributed by atoms with E-state index in [1.807, 2.05) is 6.07 Å². The Morgan fingerprint density at radius 2 is 2.45 bits per heavy atom. The highest BCUT2D eigenvalue weighted by Gasteiger charge is 2.10. The molecule has 0 amide bonds. The molecule has 2 nitrogen and oxygen atoms in total. The Labute approximate surface area is 68.1 Å². The summed E-state index contributed by atoms with van der Waals surface area (Å²) in [6.07, 6.45) is 0.160. The van der Waals surface area contributed by atoms with Crippen LogP contribution in [-0.2, 0) is 0 Å². The third kappa shape index (κ3) is 1.76. The Balaban J connectivity index is 2.77. The molecule has 0 fully saturated rings. The van der Waals surface area contributed by atoms with Crippen LogP contribution < -0.4 is 5.73 Å². The zero-order valence-electron chi connectivity index (χ0n) is 5.75. The lowest BCUT2D eigenvalue weighted by Gasteiger charge is -2.03. The van der Waals surface area contributed by atoms with Gasteiger partial charge in [0.1, 0.15) is 5.82 Å². The van der Waals surface area contributed by atoms with Crippen LogP contribution in [0.15, 0.2) is 10.8 Å². The van der Waals surface area contributed by atoms with Crippen molar-refractivity contribution in [1.82, 2.24) is 0 Å². The van der Waals surface area contributed by atoms with Crippen LogP contribution in [0.3, 0.4) is 0 Å². The molecule has 1 aromatic rings. The number of halogens is 1. The van der Waals surface area contributed by atoms with Gasteiger partial charge < -0.3 is 5.73 Å². The Morgan fingerprint density at radius 3 is 2.91 bits per heavy atom. The van der Waals surface area contributed by atoms with Crippen molar-refractivity contribution >= 4 is 11.3 Å². The smallest absolute Gasteiger partial charge is 0.138 e. The summed E-state index contributed by atoms with van der Waals surface area (Å²) in [4.78, 5) is 0. The molecule has 0 spiro atoms. The van der Waals surface area contributed by atoms with Crippen molar-refractivity contribution in [2.75, 3.05) is 0 Å². The third-order valence-electron chi connectivity index (χ3n) is 1.35. The number of nitrogens with zero attached hydrogens (tertiary/aromatic N) is 1. The Bertz CT molecular complexity index is 276. The first-order valence-electron chi connectivity index (χ1n) is 3.10. The van der Waals surface area contributed by atoms with Crippen molar-refractivity contribution in [3.05, 3.63) is 22.1 Å². The normalized spacial score (nSPS) is 12.5. The third-order valence-corrected chi connectivity index (χ3v) is 2.09. The van der Waals surface area contributed by atoms with Crippen molar-refractivity contribution < 1.29 is 4.39 Å². The predicted octanol–water partition coefficient (Wildman–Crippen LogP) is 1.80. The van der Waals surface area contributed by atoms with Crippen LogP contribution in [0.2, 0.25) is 0 Å². The number of thiophene rings is 1. The van der Waals surface area contributed by atoms with Gasteiger partial charge in [0, 0.05) is 17.0 Å². The molecule has 4 heteroatoms. The first kappa shape index (κ1) is 8.18. The van der Waals surface area contributed by atoms with E-state index in [0.717, 1.165) is 0 Å². The first-order chi connectivity index (χ1) is 5.25. The van der Waals surface area contributed by atoms with Gasteiger partial charge in [-0.05, 0) is 5.38 Å². The minimum Gasteiger partial charge on any atom is -0.323 e. The van der Waals surface area contributed by atoms with E-state index in [0.29, 0.717) is 5.56 Å². The van der Waals surface area contributed by atoms with Crippen LogP contribution in [-0.4, -0.2) is 0 Å². The summed E-state index contributed by atoms with van der Waals surface area (Å²) in [5.74, 6) is -0.308. The van der Waals surface area contributed by atoms with Gasteiger partial charge in [0.2, 0.25) is 0 Å². The molecule has 11 heavy (non-hydrogen) atoms. The van der Waals surface area contributed by atoms with Crippen LogP contribution in [0.25, 0.3) is 0 Å². The number of rotatable bonds is 2. The SMILES string of the molecule is N#CCC(N)c1cscc1F. The second-order valence-electron chi connectivity index (χ2n) is 2.14. The molecule has 0 aliphatic carbocycles. The van der Waals surface area contributed by atoms with Gasteiger partial charge in [-0.25, -0.2) is 4.39 Å². The fraction of sp³-hybridized carbons (Fsp3) is 0.286. The monoisotopic (exact) mass is 170 g/mol. The van der Waals surface area contributed by atoms with Gasteiger partial charge in [0.05, 0.1) is 12.5 Å². The van der Waals surface area contributed by atoms with E-state index < -0.39 is 6.04 Å². The summed E-state index contributed by atoms with van der Waals surface area (Å²) in [6, 6.07) is 1.42. The van der Waals surface area contributed by atoms with Crippen molar-refractivity contribution in [2.24, 2.45) is 5.73 Å². The second kappa shape index (κ2) is 3.46.